The summed E-state index contributed by atoms with van der Waals surface area (Å²) in [5.74, 6) is -0.887. The number of methoxy groups -OCH3 is 1. The molecule has 23 heavy (non-hydrogen) atoms. The van der Waals surface area contributed by atoms with E-state index < -0.39 is 21.7 Å². The first-order valence-corrected chi connectivity index (χ1v) is 8.31. The normalized spacial score (nSPS) is 11.5. The summed E-state index contributed by atoms with van der Waals surface area (Å²) >= 11 is 0. The molecule has 7 heteroatoms. The molecule has 0 radical (unpaired) electrons. The van der Waals surface area contributed by atoms with Gasteiger partial charge in [0.05, 0.1) is 12.0 Å². The highest BCUT2D eigenvalue weighted by atomic mass is 32.2. The van der Waals surface area contributed by atoms with Crippen molar-refractivity contribution in [2.45, 2.75) is 25.3 Å². The van der Waals surface area contributed by atoms with E-state index in [1.807, 2.05) is 0 Å². The zero-order valence-electron chi connectivity index (χ0n) is 13.0. The van der Waals surface area contributed by atoms with Gasteiger partial charge in [-0.1, -0.05) is 0 Å². The highest BCUT2D eigenvalue weighted by Crippen LogP contribution is 2.26. The molecule has 0 saturated heterocycles. The summed E-state index contributed by atoms with van der Waals surface area (Å²) < 4.78 is 58.5. The number of aryl methyl sites for hydroxylation is 2. The van der Waals surface area contributed by atoms with Gasteiger partial charge in [-0.3, -0.25) is 0 Å². The number of sulfonamides is 1. The number of hydrogen-bond donors (Lipinski definition) is 1. The Morgan fingerprint density at radius 3 is 2.00 bits per heavy atom. The molecule has 0 aliphatic carbocycles. The third-order valence-corrected chi connectivity index (χ3v) is 4.72. The van der Waals surface area contributed by atoms with Gasteiger partial charge in [-0.2, -0.15) is 0 Å². The van der Waals surface area contributed by atoms with Gasteiger partial charge in [-0.05, 0) is 54.8 Å². The van der Waals surface area contributed by atoms with Crippen LogP contribution in [0.5, 0.6) is 5.75 Å². The highest BCUT2D eigenvalue weighted by molar-refractivity contribution is 7.89. The smallest absolute Gasteiger partial charge is 0.240 e. The number of halogens is 2. The molecular weight excluding hydrogens is 324 g/mol. The lowest BCUT2D eigenvalue weighted by atomic mass is 10.1. The minimum Gasteiger partial charge on any atom is -0.496 e. The molecule has 0 amide bonds. The van der Waals surface area contributed by atoms with Crippen LogP contribution in [0.2, 0.25) is 0 Å². The van der Waals surface area contributed by atoms with Crippen molar-refractivity contribution in [2.24, 2.45) is 0 Å². The molecular formula is C16H17F2NO3S. The number of rotatable bonds is 5. The standard InChI is InChI=1S/C16H17F2NO3S/c1-10-4-15(5-11(2)16(10)22-3)23(20,21)19-9-12-6-13(17)8-14(18)7-12/h4-8,19H,9H2,1-3H3. The maximum atomic E-state index is 13.1. The van der Waals surface area contributed by atoms with Crippen molar-refractivity contribution in [2.75, 3.05) is 7.11 Å². The Bertz CT molecular complexity index is 792. The van der Waals surface area contributed by atoms with Crippen LogP contribution in [0, 0.1) is 25.5 Å². The van der Waals surface area contributed by atoms with E-state index in [4.69, 9.17) is 4.74 Å². The van der Waals surface area contributed by atoms with Crippen molar-refractivity contribution >= 4 is 10.0 Å². The fourth-order valence-electron chi connectivity index (χ4n) is 2.36. The second-order valence-corrected chi connectivity index (χ2v) is 6.96. The molecule has 1 N–H and O–H groups in total. The van der Waals surface area contributed by atoms with E-state index in [1.165, 1.54) is 19.2 Å². The van der Waals surface area contributed by atoms with Crippen LogP contribution < -0.4 is 9.46 Å². The molecule has 0 aliphatic rings. The van der Waals surface area contributed by atoms with E-state index in [-0.39, 0.29) is 17.0 Å². The minimum atomic E-state index is -3.80. The van der Waals surface area contributed by atoms with Gasteiger partial charge in [0.15, 0.2) is 0 Å². The maximum Gasteiger partial charge on any atom is 0.240 e. The third kappa shape index (κ3) is 4.05. The lowest BCUT2D eigenvalue weighted by molar-refractivity contribution is 0.408. The maximum absolute atomic E-state index is 13.1. The van der Waals surface area contributed by atoms with Crippen molar-refractivity contribution in [3.63, 3.8) is 0 Å². The van der Waals surface area contributed by atoms with Crippen LogP contribution >= 0.6 is 0 Å². The van der Waals surface area contributed by atoms with Crippen LogP contribution in [0.4, 0.5) is 8.78 Å². The Balaban J connectivity index is 2.25. The van der Waals surface area contributed by atoms with E-state index in [1.54, 1.807) is 13.8 Å². The van der Waals surface area contributed by atoms with Gasteiger partial charge in [0.1, 0.15) is 17.4 Å². The Hall–Kier alpha value is -1.99. The number of nitrogens with one attached hydrogen (secondary N) is 1. The zero-order chi connectivity index (χ0) is 17.2. The Kier molecular flexibility index (Phi) is 5.01. The predicted molar refractivity (Wildman–Crippen MR) is 82.9 cm³/mol. The van der Waals surface area contributed by atoms with Crippen LogP contribution in [-0.2, 0) is 16.6 Å². The molecule has 0 spiro atoms. The molecule has 0 unspecified atom stereocenters. The number of benzene rings is 2. The minimum absolute atomic E-state index is 0.0742. The van der Waals surface area contributed by atoms with Crippen molar-refractivity contribution in [1.29, 1.82) is 0 Å². The van der Waals surface area contributed by atoms with Gasteiger partial charge in [0.25, 0.3) is 0 Å². The Morgan fingerprint density at radius 1 is 1.00 bits per heavy atom. The first kappa shape index (κ1) is 17.4. The average molecular weight is 341 g/mol. The summed E-state index contributed by atoms with van der Waals surface area (Å²) in [7, 11) is -2.29. The van der Waals surface area contributed by atoms with Gasteiger partial charge in [-0.15, -0.1) is 0 Å². The van der Waals surface area contributed by atoms with Crippen molar-refractivity contribution < 1.29 is 21.9 Å². The summed E-state index contributed by atoms with van der Waals surface area (Å²) in [4.78, 5) is 0.0742. The lowest BCUT2D eigenvalue weighted by Crippen LogP contribution is -2.23. The second-order valence-electron chi connectivity index (χ2n) is 5.19. The predicted octanol–water partition coefficient (Wildman–Crippen LogP) is 3.07. The largest absolute Gasteiger partial charge is 0.496 e. The Labute approximate surface area is 134 Å². The summed E-state index contributed by atoms with van der Waals surface area (Å²) in [5, 5.41) is 0. The molecule has 4 nitrogen and oxygen atoms in total. The van der Waals surface area contributed by atoms with Crippen LogP contribution in [0.15, 0.2) is 35.2 Å². The molecule has 0 heterocycles. The second kappa shape index (κ2) is 6.64. The van der Waals surface area contributed by atoms with E-state index in [2.05, 4.69) is 4.72 Å². The van der Waals surface area contributed by atoms with E-state index in [0.717, 1.165) is 18.2 Å². The monoisotopic (exact) mass is 341 g/mol. The molecule has 2 aromatic carbocycles. The van der Waals surface area contributed by atoms with Crippen LogP contribution in [0.3, 0.4) is 0 Å². The Morgan fingerprint density at radius 2 is 1.52 bits per heavy atom. The van der Waals surface area contributed by atoms with E-state index in [0.29, 0.717) is 16.9 Å². The number of ether oxygens (including phenoxy) is 1. The van der Waals surface area contributed by atoms with Gasteiger partial charge in [-0.25, -0.2) is 21.9 Å². The van der Waals surface area contributed by atoms with Crippen LogP contribution in [0.1, 0.15) is 16.7 Å². The SMILES string of the molecule is COc1c(C)cc(S(=O)(=O)NCc2cc(F)cc(F)c2)cc1C. The third-order valence-electron chi connectivity index (χ3n) is 3.34. The van der Waals surface area contributed by atoms with Crippen LogP contribution in [0.25, 0.3) is 0 Å². The highest BCUT2D eigenvalue weighted by Gasteiger charge is 2.17. The van der Waals surface area contributed by atoms with Gasteiger partial charge >= 0.3 is 0 Å². The molecule has 124 valence electrons. The molecule has 0 aliphatic heterocycles. The average Bonchev–Trinajstić information content (AvgIpc) is 2.44. The molecule has 0 saturated carbocycles. The molecule has 2 rings (SSSR count). The number of hydrogen-bond acceptors (Lipinski definition) is 3. The van der Waals surface area contributed by atoms with Gasteiger partial charge in [0.2, 0.25) is 10.0 Å². The van der Waals surface area contributed by atoms with Crippen molar-refractivity contribution in [1.82, 2.24) is 4.72 Å². The van der Waals surface area contributed by atoms with Crippen LogP contribution in [-0.4, -0.2) is 15.5 Å². The van der Waals surface area contributed by atoms with Gasteiger partial charge < -0.3 is 4.74 Å². The quantitative estimate of drug-likeness (QED) is 0.909. The lowest BCUT2D eigenvalue weighted by Gasteiger charge is -2.12. The fraction of sp³-hybridized carbons (Fsp3) is 0.250. The first-order chi connectivity index (χ1) is 10.7. The molecule has 2 aromatic rings. The summed E-state index contributed by atoms with van der Waals surface area (Å²) in [6.45, 7) is 3.28. The van der Waals surface area contributed by atoms with E-state index >= 15 is 0 Å². The molecule has 0 fully saturated rings. The fourth-order valence-corrected chi connectivity index (χ4v) is 3.55. The topological polar surface area (TPSA) is 55.4 Å². The zero-order valence-corrected chi connectivity index (χ0v) is 13.8. The summed E-state index contributed by atoms with van der Waals surface area (Å²) in [6, 6.07) is 5.86. The van der Waals surface area contributed by atoms with E-state index in [9.17, 15) is 17.2 Å². The molecule has 0 atom stereocenters. The van der Waals surface area contributed by atoms with Crippen molar-refractivity contribution in [3.05, 3.63) is 58.7 Å². The summed E-state index contributed by atoms with van der Waals surface area (Å²) in [6.07, 6.45) is 0. The van der Waals surface area contributed by atoms with Gasteiger partial charge in [0, 0.05) is 12.6 Å². The first-order valence-electron chi connectivity index (χ1n) is 6.83. The molecule has 0 bridgehead atoms. The summed E-state index contributed by atoms with van der Waals surface area (Å²) in [5.41, 5.74) is 1.57. The molecule has 0 aromatic heterocycles. The van der Waals surface area contributed by atoms with Crippen molar-refractivity contribution in [3.8, 4) is 5.75 Å².